The minimum absolute atomic E-state index is 0.00362. The van der Waals surface area contributed by atoms with Crippen molar-refractivity contribution in [3.05, 3.63) is 27.7 Å². The van der Waals surface area contributed by atoms with Crippen molar-refractivity contribution < 1.29 is 24.5 Å². The molecule has 1 aromatic carbocycles. The molecule has 0 spiro atoms. The zero-order valence-corrected chi connectivity index (χ0v) is 13.8. The number of phenolic OH excluding ortho intramolecular Hbond substituents is 1. The van der Waals surface area contributed by atoms with E-state index in [0.29, 0.717) is 5.56 Å². The number of hydrogen-bond acceptors (Lipinski definition) is 4. The van der Waals surface area contributed by atoms with Crippen molar-refractivity contribution in [3.63, 3.8) is 0 Å². The zero-order chi connectivity index (χ0) is 17.1. The number of phenols is 1. The van der Waals surface area contributed by atoms with E-state index in [-0.39, 0.29) is 22.2 Å². The third kappa shape index (κ3) is 5.61. The van der Waals surface area contributed by atoms with Crippen LogP contribution in [-0.4, -0.2) is 33.9 Å². The van der Waals surface area contributed by atoms with Gasteiger partial charge in [0.2, 0.25) is 0 Å². The van der Waals surface area contributed by atoms with E-state index in [4.69, 9.17) is 27.9 Å². The number of aliphatic carboxylic acids is 1. The number of amides is 1. The Morgan fingerprint density at radius 2 is 1.77 bits per heavy atom. The van der Waals surface area contributed by atoms with E-state index in [1.165, 1.54) is 12.1 Å². The second-order valence-corrected chi connectivity index (χ2v) is 6.46. The number of aromatic hydroxyl groups is 1. The molecule has 0 saturated heterocycles. The van der Waals surface area contributed by atoms with Gasteiger partial charge in [-0.1, -0.05) is 23.2 Å². The molecule has 0 aromatic heterocycles. The molecule has 0 aliphatic heterocycles. The lowest BCUT2D eigenvalue weighted by atomic mass is 10.1. The summed E-state index contributed by atoms with van der Waals surface area (Å²) >= 11 is 11.6. The van der Waals surface area contributed by atoms with Crippen molar-refractivity contribution >= 4 is 35.3 Å². The molecule has 22 heavy (non-hydrogen) atoms. The van der Waals surface area contributed by atoms with Crippen molar-refractivity contribution in [1.29, 1.82) is 0 Å². The Bertz CT molecular complexity index is 560. The molecule has 122 valence electrons. The molecule has 0 heterocycles. The largest absolute Gasteiger partial charge is 0.505 e. The number of alkyl carbamates (subject to hydrolysis) is 1. The summed E-state index contributed by atoms with van der Waals surface area (Å²) < 4.78 is 5.02. The minimum atomic E-state index is -1.23. The van der Waals surface area contributed by atoms with Crippen molar-refractivity contribution in [1.82, 2.24) is 5.32 Å². The van der Waals surface area contributed by atoms with Crippen molar-refractivity contribution in [2.75, 3.05) is 0 Å². The Kier molecular flexibility index (Phi) is 5.91. The van der Waals surface area contributed by atoms with Crippen molar-refractivity contribution in [3.8, 4) is 5.75 Å². The number of carbonyl (C=O) groups is 2. The number of halogens is 2. The molecule has 1 rings (SSSR count). The van der Waals surface area contributed by atoms with Crippen LogP contribution in [0.25, 0.3) is 0 Å². The number of carboxylic acid groups (broad SMARTS) is 1. The molecular formula is C14H17Cl2NO5. The van der Waals surface area contributed by atoms with Gasteiger partial charge in [0.15, 0.2) is 5.75 Å². The molecule has 0 bridgehead atoms. The van der Waals surface area contributed by atoms with Gasteiger partial charge in [0.05, 0.1) is 10.0 Å². The number of rotatable bonds is 4. The van der Waals surface area contributed by atoms with E-state index in [1.54, 1.807) is 20.8 Å². The van der Waals surface area contributed by atoms with Crippen LogP contribution in [0.4, 0.5) is 4.79 Å². The van der Waals surface area contributed by atoms with E-state index in [2.05, 4.69) is 5.32 Å². The first-order chi connectivity index (χ1) is 9.99. The smallest absolute Gasteiger partial charge is 0.408 e. The zero-order valence-electron chi connectivity index (χ0n) is 12.3. The molecule has 0 radical (unpaired) electrons. The van der Waals surface area contributed by atoms with E-state index < -0.39 is 23.7 Å². The van der Waals surface area contributed by atoms with Gasteiger partial charge < -0.3 is 20.3 Å². The van der Waals surface area contributed by atoms with Gasteiger partial charge in [0.1, 0.15) is 11.6 Å². The minimum Gasteiger partial charge on any atom is -0.505 e. The maximum absolute atomic E-state index is 11.7. The van der Waals surface area contributed by atoms with Crippen LogP contribution in [0.15, 0.2) is 12.1 Å². The fourth-order valence-electron chi connectivity index (χ4n) is 1.62. The van der Waals surface area contributed by atoms with Gasteiger partial charge in [0, 0.05) is 6.42 Å². The average molecular weight is 350 g/mol. The molecule has 6 nitrogen and oxygen atoms in total. The Labute approximate surface area is 138 Å². The van der Waals surface area contributed by atoms with Gasteiger partial charge in [-0.2, -0.15) is 0 Å². The molecule has 0 unspecified atom stereocenters. The molecule has 0 fully saturated rings. The molecule has 0 aliphatic rings. The Hall–Kier alpha value is -1.66. The Morgan fingerprint density at radius 1 is 1.27 bits per heavy atom. The van der Waals surface area contributed by atoms with Crippen LogP contribution in [0, 0.1) is 0 Å². The third-order valence-electron chi connectivity index (χ3n) is 2.51. The van der Waals surface area contributed by atoms with E-state index in [9.17, 15) is 19.8 Å². The van der Waals surface area contributed by atoms with E-state index in [1.807, 2.05) is 0 Å². The summed E-state index contributed by atoms with van der Waals surface area (Å²) in [6.07, 6.45) is -0.898. The van der Waals surface area contributed by atoms with E-state index >= 15 is 0 Å². The highest BCUT2D eigenvalue weighted by atomic mass is 35.5. The number of benzene rings is 1. The summed E-state index contributed by atoms with van der Waals surface area (Å²) in [4.78, 5) is 22.9. The lowest BCUT2D eigenvalue weighted by Crippen LogP contribution is -2.44. The van der Waals surface area contributed by atoms with Crippen LogP contribution in [0.5, 0.6) is 5.75 Å². The predicted molar refractivity (Wildman–Crippen MR) is 82.6 cm³/mol. The van der Waals surface area contributed by atoms with E-state index in [0.717, 1.165) is 0 Å². The van der Waals surface area contributed by atoms with Gasteiger partial charge in [0.25, 0.3) is 0 Å². The second kappa shape index (κ2) is 7.07. The summed E-state index contributed by atoms with van der Waals surface area (Å²) in [5.74, 6) is -1.51. The molecule has 0 aliphatic carbocycles. The van der Waals surface area contributed by atoms with Crippen LogP contribution < -0.4 is 5.32 Å². The molecule has 1 amide bonds. The monoisotopic (exact) mass is 349 g/mol. The maximum Gasteiger partial charge on any atom is 0.408 e. The first-order valence-electron chi connectivity index (χ1n) is 6.39. The average Bonchev–Trinajstić information content (AvgIpc) is 2.32. The van der Waals surface area contributed by atoms with Crippen LogP contribution in [-0.2, 0) is 16.0 Å². The van der Waals surface area contributed by atoms with Crippen LogP contribution in [0.3, 0.4) is 0 Å². The fourth-order valence-corrected chi connectivity index (χ4v) is 2.15. The Balaban J connectivity index is 2.85. The maximum atomic E-state index is 11.7. The molecule has 1 atom stereocenters. The Morgan fingerprint density at radius 3 is 2.18 bits per heavy atom. The van der Waals surface area contributed by atoms with Crippen molar-refractivity contribution in [2.24, 2.45) is 0 Å². The summed E-state index contributed by atoms with van der Waals surface area (Å²) in [7, 11) is 0. The number of nitrogens with one attached hydrogen (secondary N) is 1. The third-order valence-corrected chi connectivity index (χ3v) is 3.08. The van der Waals surface area contributed by atoms with Crippen LogP contribution in [0.2, 0.25) is 10.0 Å². The van der Waals surface area contributed by atoms with Crippen molar-refractivity contribution in [2.45, 2.75) is 38.8 Å². The topological polar surface area (TPSA) is 95.9 Å². The predicted octanol–water partition coefficient (Wildman–Crippen LogP) is 3.22. The normalized spacial score (nSPS) is 12.6. The molecule has 1 aromatic rings. The molecule has 8 heteroatoms. The van der Waals surface area contributed by atoms with Crippen LogP contribution in [0.1, 0.15) is 26.3 Å². The summed E-state index contributed by atoms with van der Waals surface area (Å²) in [6.45, 7) is 5.01. The fraction of sp³-hybridized carbons (Fsp3) is 0.429. The number of carboxylic acids is 1. The highest BCUT2D eigenvalue weighted by molar-refractivity contribution is 6.37. The lowest BCUT2D eigenvalue weighted by Gasteiger charge is -2.22. The van der Waals surface area contributed by atoms with Gasteiger partial charge in [-0.15, -0.1) is 0 Å². The number of carbonyl (C=O) groups excluding carboxylic acids is 1. The van der Waals surface area contributed by atoms with Gasteiger partial charge in [-0.05, 0) is 38.5 Å². The summed E-state index contributed by atoms with van der Waals surface area (Å²) in [5.41, 5.74) is -0.283. The van der Waals surface area contributed by atoms with Crippen LogP contribution >= 0.6 is 23.2 Å². The first kappa shape index (κ1) is 18.4. The van der Waals surface area contributed by atoms with Gasteiger partial charge in [-0.3, -0.25) is 0 Å². The van der Waals surface area contributed by atoms with Gasteiger partial charge in [-0.25, -0.2) is 9.59 Å². The quantitative estimate of drug-likeness (QED) is 0.775. The SMILES string of the molecule is CC(C)(C)OC(=O)N[C@H](Cc1cc(Cl)c(O)c(Cl)c1)C(=O)O. The standard InChI is InChI=1S/C14H17Cl2NO5/c1-14(2,3)22-13(21)17-10(12(19)20)6-7-4-8(15)11(18)9(16)5-7/h4-5,10,18H,6H2,1-3H3,(H,17,21)(H,19,20)/t10-/m1/s1. The number of ether oxygens (including phenoxy) is 1. The second-order valence-electron chi connectivity index (χ2n) is 5.65. The first-order valence-corrected chi connectivity index (χ1v) is 7.14. The lowest BCUT2D eigenvalue weighted by molar-refractivity contribution is -0.139. The highest BCUT2D eigenvalue weighted by Gasteiger charge is 2.24. The molecular weight excluding hydrogens is 333 g/mol. The number of hydrogen-bond donors (Lipinski definition) is 3. The summed E-state index contributed by atoms with van der Waals surface area (Å²) in [6, 6.07) is 1.55. The molecule has 3 N–H and O–H groups in total. The van der Waals surface area contributed by atoms with Gasteiger partial charge >= 0.3 is 12.1 Å². The summed E-state index contributed by atoms with van der Waals surface area (Å²) in [5, 5.41) is 20.9. The molecule has 0 saturated carbocycles. The highest BCUT2D eigenvalue weighted by Crippen LogP contribution is 2.33.